The maximum Gasteiger partial charge on any atom is 0.293 e. The fraction of sp³-hybridized carbons (Fsp3) is 0.115. The van der Waals surface area contributed by atoms with Crippen molar-refractivity contribution in [3.05, 3.63) is 98.1 Å². The second-order valence-electron chi connectivity index (χ2n) is 7.49. The molecule has 1 fully saturated rings. The molecule has 0 unspecified atom stereocenters. The van der Waals surface area contributed by atoms with Gasteiger partial charge in [-0.3, -0.25) is 14.5 Å². The van der Waals surface area contributed by atoms with Crippen LogP contribution >= 0.6 is 27.7 Å². The molecule has 0 spiro atoms. The molecular weight excluding hydrogens is 535 g/mol. The Morgan fingerprint density at radius 3 is 2.69 bits per heavy atom. The van der Waals surface area contributed by atoms with E-state index in [1.165, 1.54) is 19.2 Å². The van der Waals surface area contributed by atoms with Crippen molar-refractivity contribution >= 4 is 44.9 Å². The average molecular weight is 553 g/mol. The van der Waals surface area contributed by atoms with Crippen molar-refractivity contribution in [1.82, 2.24) is 4.90 Å². The third-order valence-corrected chi connectivity index (χ3v) is 6.66. The van der Waals surface area contributed by atoms with Crippen LogP contribution in [0.15, 0.2) is 70.0 Å². The fourth-order valence-electron chi connectivity index (χ4n) is 3.47. The minimum absolute atomic E-state index is 0.0195. The molecule has 0 aliphatic carbocycles. The van der Waals surface area contributed by atoms with Crippen molar-refractivity contribution in [2.45, 2.75) is 13.2 Å². The van der Waals surface area contributed by atoms with Crippen LogP contribution in [-0.4, -0.2) is 23.2 Å². The summed E-state index contributed by atoms with van der Waals surface area (Å²) in [5.41, 5.74) is 2.30. The molecule has 176 valence electrons. The van der Waals surface area contributed by atoms with Gasteiger partial charge in [-0.2, -0.15) is 5.26 Å². The van der Waals surface area contributed by atoms with Crippen LogP contribution in [0.25, 0.3) is 6.08 Å². The van der Waals surface area contributed by atoms with Gasteiger partial charge in [0.1, 0.15) is 12.4 Å². The van der Waals surface area contributed by atoms with E-state index >= 15 is 0 Å². The van der Waals surface area contributed by atoms with Crippen LogP contribution in [-0.2, 0) is 17.9 Å². The number of halogens is 2. The first-order valence-electron chi connectivity index (χ1n) is 10.4. The van der Waals surface area contributed by atoms with Crippen LogP contribution in [0.3, 0.4) is 0 Å². The van der Waals surface area contributed by atoms with E-state index in [-0.39, 0.29) is 23.9 Å². The molecule has 9 heteroatoms. The molecule has 3 aromatic carbocycles. The lowest BCUT2D eigenvalue weighted by Gasteiger charge is -2.14. The molecule has 0 N–H and O–H groups in total. The standard InChI is InChI=1S/C26H18BrFN2O4S/c1-33-22-11-17(10-21(27)24(22)34-15-16-5-4-8-20(28)9-16)12-23-25(31)30(26(32)35-23)14-19-7-3-2-6-18(19)13-29/h2-12H,14-15H2,1H3/b23-12+. The number of imide groups is 1. The minimum atomic E-state index is -0.436. The number of nitrogens with zero attached hydrogens (tertiary/aromatic N) is 2. The first-order chi connectivity index (χ1) is 16.9. The van der Waals surface area contributed by atoms with E-state index in [4.69, 9.17) is 9.47 Å². The maximum absolute atomic E-state index is 13.4. The maximum atomic E-state index is 13.4. The number of thioether (sulfide) groups is 1. The molecule has 1 aliphatic heterocycles. The Bertz CT molecular complexity index is 1390. The normalized spacial score (nSPS) is 14.3. The van der Waals surface area contributed by atoms with Crippen molar-refractivity contribution in [3.8, 4) is 17.6 Å². The zero-order valence-electron chi connectivity index (χ0n) is 18.5. The van der Waals surface area contributed by atoms with E-state index in [2.05, 4.69) is 22.0 Å². The number of nitriles is 1. The van der Waals surface area contributed by atoms with E-state index in [0.717, 1.165) is 16.7 Å². The van der Waals surface area contributed by atoms with Gasteiger partial charge >= 0.3 is 0 Å². The molecule has 1 heterocycles. The summed E-state index contributed by atoms with van der Waals surface area (Å²) in [7, 11) is 1.49. The quantitative estimate of drug-likeness (QED) is 0.321. The Morgan fingerprint density at radius 1 is 1.14 bits per heavy atom. The second-order valence-corrected chi connectivity index (χ2v) is 9.34. The predicted molar refractivity (Wildman–Crippen MR) is 134 cm³/mol. The SMILES string of the molecule is COc1cc(/C=C2/SC(=O)N(Cc3ccccc3C#N)C2=O)cc(Br)c1OCc1cccc(F)c1. The molecule has 0 aromatic heterocycles. The molecule has 3 aromatic rings. The summed E-state index contributed by atoms with van der Waals surface area (Å²) in [4.78, 5) is 26.9. The highest BCUT2D eigenvalue weighted by molar-refractivity contribution is 9.10. The molecule has 1 aliphatic rings. The topological polar surface area (TPSA) is 79.6 Å². The Labute approximate surface area is 214 Å². The van der Waals surface area contributed by atoms with Crippen molar-refractivity contribution < 1.29 is 23.5 Å². The van der Waals surface area contributed by atoms with Gasteiger partial charge in [0.2, 0.25) is 0 Å². The molecule has 2 amide bonds. The Morgan fingerprint density at radius 2 is 1.94 bits per heavy atom. The molecule has 35 heavy (non-hydrogen) atoms. The Kier molecular flexibility index (Phi) is 7.54. The van der Waals surface area contributed by atoms with Gasteiger partial charge in [0, 0.05) is 0 Å². The number of hydrogen-bond donors (Lipinski definition) is 0. The lowest BCUT2D eigenvalue weighted by atomic mass is 10.1. The lowest BCUT2D eigenvalue weighted by Crippen LogP contribution is -2.27. The monoisotopic (exact) mass is 552 g/mol. The molecule has 0 atom stereocenters. The predicted octanol–water partition coefficient (Wildman–Crippen LogP) is 6.28. The van der Waals surface area contributed by atoms with E-state index in [0.29, 0.717) is 38.2 Å². The third kappa shape index (κ3) is 5.56. The lowest BCUT2D eigenvalue weighted by molar-refractivity contribution is -0.123. The molecular formula is C26H18BrFN2O4S. The first-order valence-corrected chi connectivity index (χ1v) is 12.0. The van der Waals surface area contributed by atoms with Crippen molar-refractivity contribution in [3.63, 3.8) is 0 Å². The number of carbonyl (C=O) groups excluding carboxylic acids is 2. The molecule has 0 bridgehead atoms. The van der Waals surface area contributed by atoms with Gasteiger partial charge in [-0.15, -0.1) is 0 Å². The highest BCUT2D eigenvalue weighted by Gasteiger charge is 2.35. The van der Waals surface area contributed by atoms with Gasteiger partial charge in [0.05, 0.1) is 34.7 Å². The zero-order valence-corrected chi connectivity index (χ0v) is 20.9. The number of rotatable bonds is 7. The van der Waals surface area contributed by atoms with Crippen molar-refractivity contribution in [2.75, 3.05) is 7.11 Å². The molecule has 6 nitrogen and oxygen atoms in total. The second kappa shape index (κ2) is 10.8. The zero-order chi connectivity index (χ0) is 24.9. The number of ether oxygens (including phenoxy) is 2. The first kappa shape index (κ1) is 24.5. The van der Waals surface area contributed by atoms with Gasteiger partial charge in [0.15, 0.2) is 11.5 Å². The molecule has 0 radical (unpaired) electrons. The van der Waals surface area contributed by atoms with Gasteiger partial charge in [-0.25, -0.2) is 4.39 Å². The smallest absolute Gasteiger partial charge is 0.293 e. The van der Waals surface area contributed by atoms with E-state index in [1.807, 2.05) is 0 Å². The van der Waals surface area contributed by atoms with Crippen LogP contribution < -0.4 is 9.47 Å². The largest absolute Gasteiger partial charge is 0.493 e. The highest BCUT2D eigenvalue weighted by Crippen LogP contribution is 2.39. The van der Waals surface area contributed by atoms with Crippen LogP contribution in [0.1, 0.15) is 22.3 Å². The highest BCUT2D eigenvalue weighted by atomic mass is 79.9. The van der Waals surface area contributed by atoms with Gasteiger partial charge in [0.25, 0.3) is 11.1 Å². The van der Waals surface area contributed by atoms with Gasteiger partial charge in [-0.1, -0.05) is 30.3 Å². The minimum Gasteiger partial charge on any atom is -0.493 e. The number of benzene rings is 3. The number of hydrogen-bond acceptors (Lipinski definition) is 6. The summed E-state index contributed by atoms with van der Waals surface area (Å²) >= 11 is 4.30. The summed E-state index contributed by atoms with van der Waals surface area (Å²) in [6.07, 6.45) is 1.60. The molecule has 1 saturated heterocycles. The van der Waals surface area contributed by atoms with Gasteiger partial charge < -0.3 is 9.47 Å². The molecule has 0 saturated carbocycles. The fourth-order valence-corrected chi connectivity index (χ4v) is 4.88. The number of amides is 2. The summed E-state index contributed by atoms with van der Waals surface area (Å²) < 4.78 is 25.3. The third-order valence-electron chi connectivity index (χ3n) is 5.16. The van der Waals surface area contributed by atoms with Crippen LogP contribution in [0.2, 0.25) is 0 Å². The Balaban J connectivity index is 1.55. The van der Waals surface area contributed by atoms with Crippen molar-refractivity contribution in [2.24, 2.45) is 0 Å². The van der Waals surface area contributed by atoms with Crippen LogP contribution in [0.4, 0.5) is 9.18 Å². The summed E-state index contributed by atoms with van der Waals surface area (Å²) in [5, 5.41) is 8.88. The summed E-state index contributed by atoms with van der Waals surface area (Å²) in [6, 6.07) is 18.5. The van der Waals surface area contributed by atoms with Crippen LogP contribution in [0.5, 0.6) is 11.5 Å². The molecule has 4 rings (SSSR count). The average Bonchev–Trinajstić information content (AvgIpc) is 3.10. The van der Waals surface area contributed by atoms with E-state index < -0.39 is 11.1 Å². The number of methoxy groups -OCH3 is 1. The number of carbonyl (C=O) groups is 2. The van der Waals surface area contributed by atoms with E-state index in [9.17, 15) is 19.2 Å². The van der Waals surface area contributed by atoms with Crippen LogP contribution in [0, 0.1) is 17.1 Å². The van der Waals surface area contributed by atoms with Gasteiger partial charge in [-0.05, 0) is 80.8 Å². The summed E-state index contributed by atoms with van der Waals surface area (Å²) in [5.74, 6) is 0.0473. The van der Waals surface area contributed by atoms with Crippen molar-refractivity contribution in [1.29, 1.82) is 5.26 Å². The van der Waals surface area contributed by atoms with E-state index in [1.54, 1.807) is 54.6 Å². The Hall–Kier alpha value is -3.61. The summed E-state index contributed by atoms with van der Waals surface area (Å²) in [6.45, 7) is 0.154.